The van der Waals surface area contributed by atoms with Crippen molar-refractivity contribution in [3.8, 4) is 5.75 Å². The van der Waals surface area contributed by atoms with Gasteiger partial charge in [-0.3, -0.25) is 9.59 Å². The fourth-order valence-electron chi connectivity index (χ4n) is 4.51. The van der Waals surface area contributed by atoms with Crippen molar-refractivity contribution in [2.24, 2.45) is 0 Å². The molecule has 2 rings (SSSR count). The maximum absolute atomic E-state index is 13.3. The topological polar surface area (TPSA) is 98.8 Å². The Bertz CT molecular complexity index is 1210. The van der Waals surface area contributed by atoms with Crippen LogP contribution in [0.1, 0.15) is 89.3 Å². The lowest BCUT2D eigenvalue weighted by molar-refractivity contribution is -0.139. The summed E-state index contributed by atoms with van der Waals surface area (Å²) in [6.45, 7) is 10.2. The zero-order chi connectivity index (χ0) is 28.5. The second-order valence-corrected chi connectivity index (χ2v) is 12.8. The quantitative estimate of drug-likeness (QED) is 0.301. The minimum Gasteiger partial charge on any atom is -0.496 e. The van der Waals surface area contributed by atoms with E-state index >= 15 is 0 Å². The van der Waals surface area contributed by atoms with E-state index in [2.05, 4.69) is 33.0 Å². The van der Waals surface area contributed by atoms with Crippen LogP contribution in [0.25, 0.3) is 0 Å². The van der Waals surface area contributed by atoms with E-state index in [4.69, 9.17) is 9.47 Å². The van der Waals surface area contributed by atoms with Crippen LogP contribution in [-0.2, 0) is 36.0 Å². The molecule has 2 aromatic carbocycles. The number of hydrogen-bond donors (Lipinski definition) is 1. The number of carbonyl (C=O) groups is 2. The van der Waals surface area contributed by atoms with Crippen molar-refractivity contribution >= 4 is 27.4 Å². The molecule has 0 aliphatic heterocycles. The summed E-state index contributed by atoms with van der Waals surface area (Å²) < 4.78 is 35.8. The number of amides is 1. The number of hydrogen-bond acceptors (Lipinski definition) is 6. The van der Waals surface area contributed by atoms with E-state index in [0.717, 1.165) is 36.0 Å². The lowest BCUT2D eigenvalue weighted by Crippen LogP contribution is -2.21. The molecule has 1 atom stereocenters. The second-order valence-electron chi connectivity index (χ2n) is 10.7. The summed E-state index contributed by atoms with van der Waals surface area (Å²) in [5, 5.41) is 3.08. The van der Waals surface area contributed by atoms with Crippen LogP contribution in [0.4, 0.5) is 5.69 Å². The smallest absolute Gasteiger partial charge is 0.309 e. The Balaban J connectivity index is 2.35. The number of methoxy groups -OCH3 is 2. The van der Waals surface area contributed by atoms with Gasteiger partial charge in [-0.2, -0.15) is 0 Å². The average Bonchev–Trinajstić information content (AvgIpc) is 2.86. The summed E-state index contributed by atoms with van der Waals surface area (Å²) >= 11 is 0. The number of nitrogens with one attached hydrogen (secondary N) is 1. The van der Waals surface area contributed by atoms with Crippen molar-refractivity contribution in [2.75, 3.05) is 25.3 Å². The maximum Gasteiger partial charge on any atom is 0.309 e. The fourth-order valence-corrected chi connectivity index (χ4v) is 5.98. The first-order valence-corrected chi connectivity index (χ1v) is 14.9. The molecule has 1 unspecified atom stereocenters. The third-order valence-corrected chi connectivity index (χ3v) is 8.38. The van der Waals surface area contributed by atoms with Crippen molar-refractivity contribution < 1.29 is 27.5 Å². The van der Waals surface area contributed by atoms with Gasteiger partial charge in [0.15, 0.2) is 9.84 Å². The van der Waals surface area contributed by atoms with E-state index in [-0.39, 0.29) is 46.7 Å². The molecule has 1 amide bonds. The van der Waals surface area contributed by atoms with Gasteiger partial charge < -0.3 is 14.8 Å². The molecule has 0 fully saturated rings. The average molecular weight is 546 g/mol. The molecule has 2 aromatic rings. The van der Waals surface area contributed by atoms with Crippen LogP contribution in [0.5, 0.6) is 5.75 Å². The van der Waals surface area contributed by atoms with Crippen molar-refractivity contribution in [3.63, 3.8) is 0 Å². The Labute approximate surface area is 228 Å². The Kier molecular flexibility index (Phi) is 11.4. The molecule has 0 aliphatic carbocycles. The molecule has 0 radical (unpaired) electrons. The molecule has 210 valence electrons. The molecular weight excluding hydrogens is 502 g/mol. The summed E-state index contributed by atoms with van der Waals surface area (Å²) in [4.78, 5) is 25.4. The molecule has 0 heterocycles. The second kappa shape index (κ2) is 13.8. The van der Waals surface area contributed by atoms with Gasteiger partial charge in [-0.05, 0) is 59.1 Å². The van der Waals surface area contributed by atoms with Crippen LogP contribution in [-0.4, -0.2) is 40.3 Å². The Morgan fingerprint density at radius 1 is 1.00 bits per heavy atom. The number of sulfone groups is 1. The zero-order valence-corrected chi connectivity index (χ0v) is 24.7. The Morgan fingerprint density at radius 2 is 1.71 bits per heavy atom. The summed E-state index contributed by atoms with van der Waals surface area (Å²) in [6.07, 6.45) is 3.30. The fraction of sp³-hybridized carbons (Fsp3) is 0.533. The van der Waals surface area contributed by atoms with Gasteiger partial charge in [0.1, 0.15) is 5.75 Å². The lowest BCUT2D eigenvalue weighted by atomic mass is 9.84. The molecule has 0 spiro atoms. The highest BCUT2D eigenvalue weighted by molar-refractivity contribution is 7.91. The first-order valence-electron chi connectivity index (χ1n) is 13.3. The molecule has 0 saturated heterocycles. The summed E-state index contributed by atoms with van der Waals surface area (Å²) in [6, 6.07) is 10.6. The summed E-state index contributed by atoms with van der Waals surface area (Å²) in [5.41, 5.74) is 2.98. The number of carbonyl (C=O) groups excluding carboxylic acids is 2. The van der Waals surface area contributed by atoms with E-state index in [1.165, 1.54) is 14.2 Å². The molecule has 1 N–H and O–H groups in total. The highest BCUT2D eigenvalue weighted by atomic mass is 32.2. The third kappa shape index (κ3) is 8.58. The van der Waals surface area contributed by atoms with Gasteiger partial charge in [-0.15, -0.1) is 0 Å². The van der Waals surface area contributed by atoms with Gasteiger partial charge in [-0.25, -0.2) is 8.42 Å². The highest BCUT2D eigenvalue weighted by Crippen LogP contribution is 2.36. The van der Waals surface area contributed by atoms with Gasteiger partial charge >= 0.3 is 5.97 Å². The van der Waals surface area contributed by atoms with Gasteiger partial charge in [-0.1, -0.05) is 65.7 Å². The maximum atomic E-state index is 13.3. The van der Waals surface area contributed by atoms with E-state index in [1.807, 2.05) is 25.1 Å². The number of benzene rings is 2. The largest absolute Gasteiger partial charge is 0.496 e. The summed E-state index contributed by atoms with van der Waals surface area (Å²) in [5.74, 6) is -0.0901. The molecule has 8 heteroatoms. The monoisotopic (exact) mass is 545 g/mol. The zero-order valence-electron chi connectivity index (χ0n) is 23.8. The molecule has 0 saturated carbocycles. The Hall–Kier alpha value is -2.87. The SMILES string of the molecule is CCCCS(=O)(=O)c1ccc(C(CCC)CC(=O)Nc2cc(CC(=O)OC)ccc2C(C)(C)C)c(OC)c1. The lowest BCUT2D eigenvalue weighted by Gasteiger charge is -2.25. The van der Waals surface area contributed by atoms with E-state index in [9.17, 15) is 18.0 Å². The number of anilines is 1. The van der Waals surface area contributed by atoms with Crippen LogP contribution < -0.4 is 10.1 Å². The molecule has 38 heavy (non-hydrogen) atoms. The first kappa shape index (κ1) is 31.3. The summed E-state index contributed by atoms with van der Waals surface area (Å²) in [7, 11) is -0.528. The van der Waals surface area contributed by atoms with Crippen LogP contribution in [0.15, 0.2) is 41.3 Å². The van der Waals surface area contributed by atoms with Crippen LogP contribution in [0.2, 0.25) is 0 Å². The predicted octanol–water partition coefficient (Wildman–Crippen LogP) is 6.19. The van der Waals surface area contributed by atoms with Gasteiger partial charge in [0.25, 0.3) is 0 Å². The molecular formula is C30H43NO6S. The van der Waals surface area contributed by atoms with Crippen molar-refractivity contribution in [2.45, 2.75) is 89.4 Å². The number of unbranched alkanes of at least 4 members (excludes halogenated alkanes) is 1. The van der Waals surface area contributed by atoms with Crippen LogP contribution >= 0.6 is 0 Å². The number of rotatable bonds is 13. The van der Waals surface area contributed by atoms with Crippen molar-refractivity contribution in [3.05, 3.63) is 53.1 Å². The first-order chi connectivity index (χ1) is 17.9. The molecule has 7 nitrogen and oxygen atoms in total. The normalized spacial score (nSPS) is 12.6. The van der Waals surface area contributed by atoms with E-state index in [0.29, 0.717) is 17.9 Å². The van der Waals surface area contributed by atoms with E-state index in [1.54, 1.807) is 18.2 Å². The van der Waals surface area contributed by atoms with Crippen LogP contribution in [0, 0.1) is 0 Å². The minimum absolute atomic E-state index is 0.0952. The molecule has 0 aliphatic rings. The van der Waals surface area contributed by atoms with E-state index < -0.39 is 9.84 Å². The minimum atomic E-state index is -3.40. The number of esters is 1. The van der Waals surface area contributed by atoms with Crippen molar-refractivity contribution in [1.82, 2.24) is 0 Å². The number of ether oxygens (including phenoxy) is 2. The van der Waals surface area contributed by atoms with Crippen LogP contribution in [0.3, 0.4) is 0 Å². The molecule has 0 aromatic heterocycles. The van der Waals surface area contributed by atoms with Gasteiger partial charge in [0, 0.05) is 12.1 Å². The van der Waals surface area contributed by atoms with Crippen molar-refractivity contribution in [1.29, 1.82) is 0 Å². The standard InChI is InChI=1S/C30H43NO6S/c1-8-10-16-38(34,35)23-13-14-24(27(20-23)36-6)22(11-9-2)19-28(32)31-26-17-21(18-29(33)37-7)12-15-25(26)30(3,4)5/h12-15,17,20,22H,8-11,16,18-19H2,1-7H3,(H,31,32). The molecule has 0 bridgehead atoms. The predicted molar refractivity (Wildman–Crippen MR) is 152 cm³/mol. The van der Waals surface area contributed by atoms with Gasteiger partial charge in [0.2, 0.25) is 5.91 Å². The Morgan fingerprint density at radius 3 is 2.29 bits per heavy atom. The third-order valence-electron chi connectivity index (χ3n) is 6.58. The van der Waals surface area contributed by atoms with Gasteiger partial charge in [0.05, 0.1) is 31.3 Å². The highest BCUT2D eigenvalue weighted by Gasteiger charge is 2.24.